The van der Waals surface area contributed by atoms with Gasteiger partial charge in [-0.25, -0.2) is 43.9 Å². The second-order valence-corrected chi connectivity index (χ2v) is 29.7. The van der Waals surface area contributed by atoms with Crippen molar-refractivity contribution in [2.75, 3.05) is 13.2 Å². The normalized spacial score (nSPS) is 51.1. The molecule has 13 nitrogen and oxygen atoms in total. The van der Waals surface area contributed by atoms with E-state index in [9.17, 15) is 43.9 Å². The highest BCUT2D eigenvalue weighted by atomic mass is 19.2. The minimum atomic E-state index is -1.41. The van der Waals surface area contributed by atoms with Crippen LogP contribution in [0, 0.1) is 107 Å². The van der Waals surface area contributed by atoms with Crippen molar-refractivity contribution in [3.05, 3.63) is 0 Å². The third-order valence-electron chi connectivity index (χ3n) is 24.0. The third-order valence-corrected chi connectivity index (χ3v) is 24.0. The van der Waals surface area contributed by atoms with Crippen molar-refractivity contribution in [2.24, 2.45) is 107 Å². The van der Waals surface area contributed by atoms with E-state index >= 15 is 0 Å². The molecule has 36 atom stereocenters. The fourth-order valence-electron chi connectivity index (χ4n) is 18.6. The molecule has 534 valence electrons. The first-order chi connectivity index (χ1) is 38.5. The number of rotatable bonds is 0. The summed E-state index contributed by atoms with van der Waals surface area (Å²) in [5.74, 6) is 2.68. The molecule has 0 aromatic carbocycles. The van der Waals surface area contributed by atoms with Crippen LogP contribution in [0.15, 0.2) is 0 Å². The van der Waals surface area contributed by atoms with E-state index in [1.165, 1.54) is 0 Å². The first-order valence-corrected chi connectivity index (χ1v) is 33.1. The molecule has 5 saturated heterocycles. The number of hydrogen-bond acceptors (Lipinski definition) is 5. The largest absolute Gasteiger partial charge is 0.412 e. The zero-order valence-electron chi connectivity index (χ0n) is 54.7. The first kappa shape index (κ1) is 85.8. The Balaban J connectivity index is 0.000000546. The number of halogens is 10. The van der Waals surface area contributed by atoms with Crippen LogP contribution in [0.1, 0.15) is 185 Å². The maximum Gasteiger partial charge on any atom is 0.158 e. The van der Waals surface area contributed by atoms with Gasteiger partial charge in [-0.2, -0.15) is 0 Å². The summed E-state index contributed by atoms with van der Waals surface area (Å²) in [4.78, 5) is 0. The SMILES string of the molecule is CC1CCC2C(COC3C(F)C(C)CCC23)C1F.CC1CCC2C(COC3C(F)C(C)CCC23)C1F.CC1CCC2C3CCC(C)C(F)C3OC2C1F.CC1CCC2CC(C)C(F)C(F)C2O1.CC1CCC2CC(C)C(F)C(F)C2O1.O.O.O.O.O.O.O.O. The monoisotopic (exact) mass is 1310 g/mol. The summed E-state index contributed by atoms with van der Waals surface area (Å²) in [6.45, 7) is 20.2. The number of ether oxygens (including phenoxy) is 5. The Morgan fingerprint density at radius 2 is 0.472 bits per heavy atom. The van der Waals surface area contributed by atoms with E-state index in [4.69, 9.17) is 23.7 Å². The van der Waals surface area contributed by atoms with Crippen molar-refractivity contribution < 1.29 is 111 Å². The molecule has 13 aliphatic rings. The average Bonchev–Trinajstić information content (AvgIpc) is 2.35. The van der Waals surface area contributed by atoms with Crippen molar-refractivity contribution >= 4 is 0 Å². The fourth-order valence-corrected chi connectivity index (χ4v) is 18.6. The third kappa shape index (κ3) is 18.3. The van der Waals surface area contributed by atoms with Gasteiger partial charge in [0.1, 0.15) is 49.4 Å². The fraction of sp³-hybridized carbons (Fsp3) is 1.00. The van der Waals surface area contributed by atoms with Gasteiger partial charge in [-0.15, -0.1) is 0 Å². The van der Waals surface area contributed by atoms with Gasteiger partial charge in [0.25, 0.3) is 0 Å². The van der Waals surface area contributed by atoms with Crippen molar-refractivity contribution in [3.8, 4) is 0 Å². The Labute approximate surface area is 524 Å². The highest BCUT2D eigenvalue weighted by Crippen LogP contribution is 2.54. The molecule has 16 N–H and O–H groups in total. The van der Waals surface area contributed by atoms with Crippen LogP contribution in [0.2, 0.25) is 0 Å². The van der Waals surface area contributed by atoms with Crippen LogP contribution in [0.25, 0.3) is 0 Å². The van der Waals surface area contributed by atoms with Gasteiger partial charge in [-0.1, -0.05) is 55.4 Å². The topological polar surface area (TPSA) is 298 Å². The van der Waals surface area contributed by atoms with Crippen LogP contribution < -0.4 is 0 Å². The molecule has 89 heavy (non-hydrogen) atoms. The standard InChI is InChI=1S/2C15H24F2O.C14H22F2O.2C11H18F2O.8H2O/c2*1-8-3-5-10-11-6-4-9(2)14(17)15(11)18-7-12(10)13(8)16;1-7-3-5-9-10-6-4-8(2)12(16)14(10)17-13(9)11(7)15;2*1-6-5-8-4-3-7(2)14-11(8)10(13)9(6)12;;;;;;;;/h2*8-15H,3-7H2,1-2H3;7-14H,3-6H2,1-2H3;2*6-11H,3-5H2,1-2H3;8*1H2. The molecule has 8 saturated carbocycles. The molecular weight excluding hydrogens is 1190 g/mol. The van der Waals surface area contributed by atoms with Gasteiger partial charge >= 0.3 is 0 Å². The maximum absolute atomic E-state index is 14.3. The summed E-state index contributed by atoms with van der Waals surface area (Å²) in [5.41, 5.74) is 0. The highest BCUT2D eigenvalue weighted by Gasteiger charge is 2.57. The molecule has 0 radical (unpaired) electrons. The lowest BCUT2D eigenvalue weighted by Gasteiger charge is -2.51. The lowest BCUT2D eigenvalue weighted by Crippen LogP contribution is -2.55. The van der Waals surface area contributed by atoms with Crippen LogP contribution in [0.5, 0.6) is 0 Å². The quantitative estimate of drug-likeness (QED) is 0.213. The van der Waals surface area contributed by atoms with Crippen LogP contribution >= 0.6 is 0 Å². The summed E-state index contributed by atoms with van der Waals surface area (Å²) in [6, 6.07) is 0. The second kappa shape index (κ2) is 36.8. The van der Waals surface area contributed by atoms with Crippen molar-refractivity contribution in [3.63, 3.8) is 0 Å². The van der Waals surface area contributed by atoms with Gasteiger partial charge in [-0.05, 0) is 224 Å². The van der Waals surface area contributed by atoms with Gasteiger partial charge in [0, 0.05) is 11.8 Å². The molecule has 0 aromatic heterocycles. The lowest BCUT2D eigenvalue weighted by molar-refractivity contribution is -0.177. The minimum absolute atomic E-state index is 0. The zero-order valence-corrected chi connectivity index (χ0v) is 54.7. The van der Waals surface area contributed by atoms with Gasteiger partial charge < -0.3 is 67.5 Å². The lowest BCUT2D eigenvalue weighted by atomic mass is 9.61. The predicted octanol–water partition coefficient (Wildman–Crippen LogP) is 10.2. The van der Waals surface area contributed by atoms with Gasteiger partial charge in [-0.3, -0.25) is 0 Å². The smallest absolute Gasteiger partial charge is 0.158 e. The molecule has 13 fully saturated rings. The van der Waals surface area contributed by atoms with Gasteiger partial charge in [0.15, 0.2) is 12.3 Å². The number of hydrogen-bond donors (Lipinski definition) is 0. The van der Waals surface area contributed by atoms with E-state index in [0.29, 0.717) is 25.0 Å². The van der Waals surface area contributed by atoms with E-state index in [2.05, 4.69) is 0 Å². The average molecular weight is 1310 g/mol. The molecule has 0 spiro atoms. The molecule has 5 aliphatic heterocycles. The van der Waals surface area contributed by atoms with Crippen LogP contribution in [0.4, 0.5) is 43.9 Å². The summed E-state index contributed by atoms with van der Waals surface area (Å²) < 4.78 is 168. The molecule has 13 rings (SSSR count). The molecule has 0 bridgehead atoms. The van der Waals surface area contributed by atoms with Crippen LogP contribution in [-0.2, 0) is 23.7 Å². The van der Waals surface area contributed by atoms with Crippen LogP contribution in [0.3, 0.4) is 0 Å². The van der Waals surface area contributed by atoms with Crippen molar-refractivity contribution in [2.45, 2.75) is 295 Å². The first-order valence-electron chi connectivity index (χ1n) is 33.1. The van der Waals surface area contributed by atoms with Crippen molar-refractivity contribution in [1.82, 2.24) is 0 Å². The molecule has 36 unspecified atom stereocenters. The highest BCUT2D eigenvalue weighted by molar-refractivity contribution is 5.05. The number of fused-ring (bicyclic) bond motifs is 11. The van der Waals surface area contributed by atoms with E-state index in [1.807, 2.05) is 55.4 Å². The van der Waals surface area contributed by atoms with E-state index < -0.39 is 73.9 Å². The van der Waals surface area contributed by atoms with E-state index in [1.54, 1.807) is 13.8 Å². The molecule has 5 heterocycles. The summed E-state index contributed by atoms with van der Waals surface area (Å²) in [5, 5.41) is 0. The van der Waals surface area contributed by atoms with Crippen LogP contribution in [-0.4, -0.2) is 168 Å². The Bertz CT molecular complexity index is 1770. The Morgan fingerprint density at radius 3 is 0.775 bits per heavy atom. The molecule has 0 aromatic rings. The Morgan fingerprint density at radius 1 is 0.213 bits per heavy atom. The van der Waals surface area contributed by atoms with E-state index in [0.717, 1.165) is 116 Å². The minimum Gasteiger partial charge on any atom is -0.412 e. The summed E-state index contributed by atoms with van der Waals surface area (Å²) >= 11 is 0. The molecule has 8 aliphatic carbocycles. The molecule has 0 amide bonds. The van der Waals surface area contributed by atoms with E-state index in [-0.39, 0.29) is 175 Å². The molecular formula is C66H122F10O13. The van der Waals surface area contributed by atoms with Gasteiger partial charge in [0.2, 0.25) is 0 Å². The number of alkyl halides is 10. The maximum atomic E-state index is 14.3. The Hall–Kier alpha value is -1.22. The summed E-state index contributed by atoms with van der Waals surface area (Å²) in [7, 11) is 0. The zero-order chi connectivity index (χ0) is 58.5. The predicted molar refractivity (Wildman–Crippen MR) is 326 cm³/mol. The van der Waals surface area contributed by atoms with Gasteiger partial charge in [0.05, 0.1) is 62.0 Å². The molecule has 23 heteroatoms. The second-order valence-electron chi connectivity index (χ2n) is 29.7. The summed E-state index contributed by atoms with van der Waals surface area (Å²) in [6.07, 6.45) is 4.99. The van der Waals surface area contributed by atoms with Crippen molar-refractivity contribution in [1.29, 1.82) is 0 Å². The Kier molecular flexibility index (Phi) is 35.4.